The van der Waals surface area contributed by atoms with Crippen LogP contribution in [0.5, 0.6) is 23.0 Å². The van der Waals surface area contributed by atoms with Gasteiger partial charge in [0.2, 0.25) is 0 Å². The second kappa shape index (κ2) is 13.9. The fourth-order valence-electron chi connectivity index (χ4n) is 4.25. The molecule has 0 saturated carbocycles. The lowest BCUT2D eigenvalue weighted by molar-refractivity contribution is 0.320. The number of hydrogen-bond donors (Lipinski definition) is 0. The van der Waals surface area contributed by atoms with Crippen molar-refractivity contribution in [2.75, 3.05) is 26.4 Å². The van der Waals surface area contributed by atoms with Crippen molar-refractivity contribution in [2.45, 2.75) is 66.9 Å². The van der Waals surface area contributed by atoms with E-state index in [1.54, 1.807) is 47.0 Å². The largest absolute Gasteiger partial charge is 0.492 e. The predicted octanol–water partition coefficient (Wildman–Crippen LogP) is 10.2. The molecule has 208 valence electrons. The minimum Gasteiger partial charge on any atom is -0.492 e. The number of hydrogen-bond acceptors (Lipinski definition) is 8. The van der Waals surface area contributed by atoms with Crippen LogP contribution < -0.4 is 18.9 Å². The van der Waals surface area contributed by atoms with Crippen LogP contribution in [0.2, 0.25) is 0 Å². The first-order valence-electron chi connectivity index (χ1n) is 13.4. The van der Waals surface area contributed by atoms with Crippen molar-refractivity contribution in [2.24, 2.45) is 0 Å². The topological polar surface area (TPSA) is 36.9 Å². The summed E-state index contributed by atoms with van der Waals surface area (Å²) in [6.45, 7) is 10.4. The van der Waals surface area contributed by atoms with Crippen LogP contribution in [-0.4, -0.2) is 26.4 Å². The summed E-state index contributed by atoms with van der Waals surface area (Å²) in [5.41, 5.74) is 0. The Morgan fingerprint density at radius 2 is 0.525 bits per heavy atom. The van der Waals surface area contributed by atoms with Crippen LogP contribution in [0.15, 0.2) is 112 Å². The van der Waals surface area contributed by atoms with Gasteiger partial charge in [-0.2, -0.15) is 0 Å². The van der Waals surface area contributed by atoms with E-state index in [1.165, 1.54) is 0 Å². The minimum atomic E-state index is 0.572. The standard InChI is InChI=1S/C32H32O4S4/c1-5-33-29-21-13-9-14-22(29)38-24-16-11-18-26(31(24)35-7-3)40-28-20-12-19-27(32(28)36-8-4)39-25-17-10-15-23(37-21)30(25)34-6-2/h9-20H,5-8H2,1-4H3. The summed E-state index contributed by atoms with van der Waals surface area (Å²) in [4.78, 5) is 8.35. The zero-order chi connectivity index (χ0) is 27.9. The summed E-state index contributed by atoms with van der Waals surface area (Å²) in [6.07, 6.45) is 0. The van der Waals surface area contributed by atoms with Gasteiger partial charge in [0.05, 0.1) is 65.6 Å². The maximum absolute atomic E-state index is 6.28. The van der Waals surface area contributed by atoms with Crippen molar-refractivity contribution in [1.82, 2.24) is 0 Å². The van der Waals surface area contributed by atoms with Gasteiger partial charge in [0.25, 0.3) is 0 Å². The number of fused-ring (bicyclic) bond motifs is 8. The third-order valence-corrected chi connectivity index (χ3v) is 10.1. The van der Waals surface area contributed by atoms with E-state index in [9.17, 15) is 0 Å². The van der Waals surface area contributed by atoms with Gasteiger partial charge < -0.3 is 18.9 Å². The second-order valence-electron chi connectivity index (χ2n) is 8.47. The van der Waals surface area contributed by atoms with Gasteiger partial charge in [-0.15, -0.1) is 0 Å². The number of benzene rings is 4. The van der Waals surface area contributed by atoms with Crippen LogP contribution in [0.1, 0.15) is 27.7 Å². The van der Waals surface area contributed by atoms with Crippen LogP contribution in [0.3, 0.4) is 0 Å². The van der Waals surface area contributed by atoms with E-state index in [4.69, 9.17) is 18.9 Å². The van der Waals surface area contributed by atoms with E-state index < -0.39 is 0 Å². The maximum Gasteiger partial charge on any atom is 0.147 e. The van der Waals surface area contributed by atoms with Crippen LogP contribution >= 0.6 is 47.0 Å². The summed E-state index contributed by atoms with van der Waals surface area (Å²) >= 11 is 6.68. The molecule has 1 aliphatic rings. The molecule has 4 aromatic carbocycles. The molecule has 0 amide bonds. The van der Waals surface area contributed by atoms with E-state index in [2.05, 4.69) is 72.8 Å². The van der Waals surface area contributed by atoms with Crippen LogP contribution in [0.25, 0.3) is 0 Å². The van der Waals surface area contributed by atoms with Gasteiger partial charge >= 0.3 is 0 Å². The molecule has 0 fully saturated rings. The minimum absolute atomic E-state index is 0.572. The van der Waals surface area contributed by atoms with E-state index in [-0.39, 0.29) is 0 Å². The molecule has 0 unspecified atom stereocenters. The van der Waals surface area contributed by atoms with E-state index in [1.807, 2.05) is 27.7 Å². The summed E-state index contributed by atoms with van der Waals surface area (Å²) < 4.78 is 25.1. The van der Waals surface area contributed by atoms with Gasteiger partial charge in [-0.3, -0.25) is 0 Å². The molecule has 4 nitrogen and oxygen atoms in total. The molecule has 5 rings (SSSR count). The Bertz CT molecular complexity index is 1170. The van der Waals surface area contributed by atoms with Crippen molar-refractivity contribution < 1.29 is 18.9 Å². The Hall–Kier alpha value is -2.52. The normalized spacial score (nSPS) is 12.5. The molecule has 4 aromatic rings. The van der Waals surface area contributed by atoms with Crippen molar-refractivity contribution >= 4 is 47.0 Å². The molecule has 8 bridgehead atoms. The average molecular weight is 609 g/mol. The fourth-order valence-corrected chi connectivity index (χ4v) is 8.72. The Labute approximate surface area is 253 Å². The quantitative estimate of drug-likeness (QED) is 0.172. The highest BCUT2D eigenvalue weighted by molar-refractivity contribution is 8.01. The highest BCUT2D eigenvalue weighted by Gasteiger charge is 2.22. The van der Waals surface area contributed by atoms with E-state index in [0.29, 0.717) is 26.4 Å². The third-order valence-electron chi connectivity index (χ3n) is 5.81. The zero-order valence-electron chi connectivity index (χ0n) is 23.0. The number of ether oxygens (including phenoxy) is 4. The van der Waals surface area contributed by atoms with E-state index in [0.717, 1.165) is 62.2 Å². The first kappa shape index (κ1) is 29.0. The lowest BCUT2D eigenvalue weighted by Crippen LogP contribution is -2.00. The molecular weight excluding hydrogens is 577 g/mol. The molecule has 0 aromatic heterocycles. The third kappa shape index (κ3) is 6.35. The first-order valence-corrected chi connectivity index (χ1v) is 16.7. The van der Waals surface area contributed by atoms with Gasteiger partial charge in [-0.05, 0) is 76.2 Å². The van der Waals surface area contributed by atoms with Gasteiger partial charge in [0, 0.05) is 0 Å². The molecular formula is C32H32O4S4. The Balaban J connectivity index is 1.76. The SMILES string of the molecule is CCOc1c2cccc1Sc1cccc(c1OCC)Sc1cccc(c1OCC)Sc1cccc(c1OCC)S2. The summed E-state index contributed by atoms with van der Waals surface area (Å²) in [6, 6.07) is 25.3. The zero-order valence-corrected chi connectivity index (χ0v) is 26.3. The molecule has 0 atom stereocenters. The van der Waals surface area contributed by atoms with Crippen molar-refractivity contribution in [1.29, 1.82) is 0 Å². The molecule has 0 spiro atoms. The van der Waals surface area contributed by atoms with Gasteiger partial charge in [-0.25, -0.2) is 0 Å². The highest BCUT2D eigenvalue weighted by atomic mass is 32.2. The van der Waals surface area contributed by atoms with Gasteiger partial charge in [0.1, 0.15) is 23.0 Å². The second-order valence-corrected chi connectivity index (χ2v) is 12.8. The van der Waals surface area contributed by atoms with Crippen molar-refractivity contribution in [3.63, 3.8) is 0 Å². The molecule has 8 heteroatoms. The Morgan fingerprint density at radius 3 is 0.675 bits per heavy atom. The fraction of sp³-hybridized carbons (Fsp3) is 0.250. The lowest BCUT2D eigenvalue weighted by atomic mass is 10.3. The molecule has 1 aliphatic heterocycles. The maximum atomic E-state index is 6.28. The summed E-state index contributed by atoms with van der Waals surface area (Å²) in [5.74, 6) is 3.49. The Morgan fingerprint density at radius 1 is 0.350 bits per heavy atom. The molecule has 1 heterocycles. The summed E-state index contributed by atoms with van der Waals surface area (Å²) in [5, 5.41) is 0. The lowest BCUT2D eigenvalue weighted by Gasteiger charge is -2.21. The number of rotatable bonds is 8. The van der Waals surface area contributed by atoms with Crippen LogP contribution in [-0.2, 0) is 0 Å². The van der Waals surface area contributed by atoms with Crippen LogP contribution in [0, 0.1) is 0 Å². The Kier molecular flexibility index (Phi) is 10.1. The average Bonchev–Trinajstić information content (AvgIpc) is 2.95. The van der Waals surface area contributed by atoms with Gasteiger partial charge in [-0.1, -0.05) is 71.3 Å². The molecule has 0 saturated heterocycles. The smallest absolute Gasteiger partial charge is 0.147 e. The highest BCUT2D eigenvalue weighted by Crippen LogP contribution is 2.53. The first-order chi connectivity index (χ1) is 19.7. The molecule has 0 N–H and O–H groups in total. The monoisotopic (exact) mass is 608 g/mol. The summed E-state index contributed by atoms with van der Waals surface area (Å²) in [7, 11) is 0. The van der Waals surface area contributed by atoms with Crippen molar-refractivity contribution in [3.8, 4) is 23.0 Å². The van der Waals surface area contributed by atoms with E-state index >= 15 is 0 Å². The molecule has 40 heavy (non-hydrogen) atoms. The van der Waals surface area contributed by atoms with Gasteiger partial charge in [0.15, 0.2) is 0 Å². The number of para-hydroxylation sites is 4. The molecule has 0 aliphatic carbocycles. The predicted molar refractivity (Wildman–Crippen MR) is 167 cm³/mol. The van der Waals surface area contributed by atoms with Crippen molar-refractivity contribution in [3.05, 3.63) is 72.8 Å². The molecule has 0 radical (unpaired) electrons. The van der Waals surface area contributed by atoms with Crippen LogP contribution in [0.4, 0.5) is 0 Å².